The lowest BCUT2D eigenvalue weighted by atomic mass is 9.68. The van der Waals surface area contributed by atoms with Crippen LogP contribution in [0.2, 0.25) is 0 Å². The second-order valence-corrected chi connectivity index (χ2v) is 13.4. The molecule has 4 aromatic heterocycles. The van der Waals surface area contributed by atoms with Gasteiger partial charge in [-0.25, -0.2) is 17.6 Å². The summed E-state index contributed by atoms with van der Waals surface area (Å²) in [5.41, 5.74) is 5.38. The van der Waals surface area contributed by atoms with E-state index in [1.54, 1.807) is 24.3 Å². The Morgan fingerprint density at radius 2 is 1.09 bits per heavy atom. The van der Waals surface area contributed by atoms with Crippen LogP contribution in [0.4, 0.5) is 17.6 Å². The van der Waals surface area contributed by atoms with Crippen molar-refractivity contribution in [2.24, 2.45) is 0 Å². The molecular formula is C40H28F4N12. The fraction of sp³-hybridized carbons (Fsp3) is 0.100. The molecule has 0 radical (unpaired) electrons. The molecule has 0 fully saturated rings. The van der Waals surface area contributed by atoms with E-state index >= 15 is 0 Å². The van der Waals surface area contributed by atoms with Gasteiger partial charge in [0.2, 0.25) is 5.82 Å². The van der Waals surface area contributed by atoms with Crippen molar-refractivity contribution < 1.29 is 17.6 Å². The predicted molar refractivity (Wildman–Crippen MR) is 196 cm³/mol. The summed E-state index contributed by atoms with van der Waals surface area (Å²) in [7, 11) is 0. The van der Waals surface area contributed by atoms with Gasteiger partial charge in [0.25, 0.3) is 0 Å². The molecule has 56 heavy (non-hydrogen) atoms. The fourth-order valence-electron chi connectivity index (χ4n) is 7.57. The number of nitrogens with zero attached hydrogens (tertiary/aromatic N) is 9. The maximum absolute atomic E-state index is 14.0. The number of halogens is 4. The zero-order chi connectivity index (χ0) is 38.3. The van der Waals surface area contributed by atoms with E-state index in [0.29, 0.717) is 30.2 Å². The van der Waals surface area contributed by atoms with Crippen molar-refractivity contribution in [3.05, 3.63) is 184 Å². The fourth-order valence-corrected chi connectivity index (χ4v) is 7.57. The van der Waals surface area contributed by atoms with E-state index < -0.39 is 10.8 Å². The van der Waals surface area contributed by atoms with E-state index in [0.717, 1.165) is 44.8 Å². The summed E-state index contributed by atoms with van der Waals surface area (Å²) in [5, 5.41) is 39.8. The number of aromatic nitrogens is 12. The Bertz CT molecular complexity index is 2450. The van der Waals surface area contributed by atoms with Crippen molar-refractivity contribution >= 4 is 12.2 Å². The van der Waals surface area contributed by atoms with Crippen LogP contribution in [0.1, 0.15) is 44.8 Å². The third kappa shape index (κ3) is 6.06. The zero-order valence-corrected chi connectivity index (χ0v) is 29.1. The molecule has 4 aromatic carbocycles. The molecule has 2 aliphatic carbocycles. The second-order valence-electron chi connectivity index (χ2n) is 13.4. The molecule has 3 N–H and O–H groups in total. The van der Waals surface area contributed by atoms with E-state index in [2.05, 4.69) is 56.5 Å². The summed E-state index contributed by atoms with van der Waals surface area (Å²) in [5.74, 6) is -0.415. The van der Waals surface area contributed by atoms with Gasteiger partial charge in [-0.05, 0) is 86.4 Å². The minimum atomic E-state index is -0.738. The van der Waals surface area contributed by atoms with Gasteiger partial charge in [0.1, 0.15) is 35.3 Å². The van der Waals surface area contributed by atoms with Crippen LogP contribution in [0.3, 0.4) is 0 Å². The monoisotopic (exact) mass is 752 g/mol. The molecule has 0 saturated heterocycles. The average Bonchev–Trinajstić information content (AvgIpc) is 4.05. The number of hydrogen-bond donors (Lipinski definition) is 3. The maximum atomic E-state index is 14.0. The van der Waals surface area contributed by atoms with Crippen LogP contribution in [0.25, 0.3) is 29.5 Å². The van der Waals surface area contributed by atoms with Crippen molar-refractivity contribution in [1.82, 2.24) is 61.2 Å². The van der Waals surface area contributed by atoms with Crippen LogP contribution in [0, 0.1) is 23.3 Å². The molecule has 276 valence electrons. The summed E-state index contributed by atoms with van der Waals surface area (Å²) in [6.45, 7) is 0. The van der Waals surface area contributed by atoms with E-state index in [1.165, 1.54) is 59.5 Å². The number of fused-ring (bicyclic) bond motifs is 2. The number of H-pyrrole nitrogens is 3. The van der Waals surface area contributed by atoms with Gasteiger partial charge >= 0.3 is 0 Å². The zero-order valence-electron chi connectivity index (χ0n) is 29.1. The van der Waals surface area contributed by atoms with Crippen LogP contribution < -0.4 is 0 Å². The largest absolute Gasteiger partial charge is 0.281 e. The van der Waals surface area contributed by atoms with Crippen LogP contribution in [0.15, 0.2) is 116 Å². The molecule has 0 amide bonds. The van der Waals surface area contributed by atoms with Crippen molar-refractivity contribution in [2.75, 3.05) is 0 Å². The van der Waals surface area contributed by atoms with Gasteiger partial charge in [0.05, 0.1) is 0 Å². The first-order valence-electron chi connectivity index (χ1n) is 17.4. The van der Waals surface area contributed by atoms with Gasteiger partial charge in [-0.15, -0.1) is 15.3 Å². The Hall–Kier alpha value is -7.36. The van der Waals surface area contributed by atoms with Crippen molar-refractivity contribution in [3.63, 3.8) is 0 Å². The molecule has 4 heterocycles. The van der Waals surface area contributed by atoms with Gasteiger partial charge < -0.3 is 0 Å². The second kappa shape index (κ2) is 13.8. The number of allylic oxidation sites excluding steroid dienone is 2. The van der Waals surface area contributed by atoms with Crippen LogP contribution in [-0.4, -0.2) is 61.2 Å². The number of hydrogen-bond acceptors (Lipinski definition) is 8. The Kier molecular flexibility index (Phi) is 8.48. The standard InChI is InChI=1S/2C20H14F2N6/c21-15-5-1-3-13(9-15)20(14-4-2-6-16(22)10-14)8-7-17-18(11-20)24-25-19(17)28-12-23-26-27-28;21-14-5-1-3-12(9-14)20(13-4-2-6-15(22)10-13)8-7-16-17(11-20)23-24-18(16)19-25-27-28-26-19/h1-10,12H,11H2,(H,24,25);1-10H,11H2,(H,23,24)(H,25,26,27,28). The quantitative estimate of drug-likeness (QED) is 0.160. The smallest absolute Gasteiger partial charge is 0.225 e. The van der Waals surface area contributed by atoms with Crippen LogP contribution >= 0.6 is 0 Å². The minimum Gasteiger partial charge on any atom is -0.281 e. The lowest BCUT2D eigenvalue weighted by molar-refractivity contribution is 0.582. The van der Waals surface area contributed by atoms with E-state index in [1.807, 2.05) is 48.6 Å². The van der Waals surface area contributed by atoms with Crippen LogP contribution in [-0.2, 0) is 23.7 Å². The van der Waals surface area contributed by atoms with Crippen molar-refractivity contribution in [3.8, 4) is 17.3 Å². The normalized spacial score (nSPS) is 14.8. The number of aromatic amines is 3. The van der Waals surface area contributed by atoms with Gasteiger partial charge in [-0.2, -0.15) is 20.1 Å². The lowest BCUT2D eigenvalue weighted by Crippen LogP contribution is -2.31. The average molecular weight is 753 g/mol. The molecular weight excluding hydrogens is 725 g/mol. The topological polar surface area (TPSA) is 155 Å². The van der Waals surface area contributed by atoms with E-state index in [-0.39, 0.29) is 23.3 Å². The summed E-state index contributed by atoms with van der Waals surface area (Å²) < 4.78 is 57.6. The highest BCUT2D eigenvalue weighted by atomic mass is 19.1. The Balaban J connectivity index is 0.000000146. The maximum Gasteiger partial charge on any atom is 0.225 e. The number of benzene rings is 4. The van der Waals surface area contributed by atoms with Crippen LogP contribution in [0.5, 0.6) is 0 Å². The highest BCUT2D eigenvalue weighted by Gasteiger charge is 2.39. The number of tetrazole rings is 2. The molecule has 0 unspecified atom stereocenters. The lowest BCUT2D eigenvalue weighted by Gasteiger charge is -2.34. The molecule has 0 atom stereocenters. The first-order chi connectivity index (χ1) is 27.3. The third-order valence-electron chi connectivity index (χ3n) is 10.2. The summed E-state index contributed by atoms with van der Waals surface area (Å²) in [6, 6.07) is 25.5. The van der Waals surface area contributed by atoms with Gasteiger partial charge in [-0.3, -0.25) is 10.2 Å². The van der Waals surface area contributed by atoms with E-state index in [4.69, 9.17) is 0 Å². The first kappa shape index (κ1) is 34.4. The molecule has 0 bridgehead atoms. The summed E-state index contributed by atoms with van der Waals surface area (Å²) in [4.78, 5) is 0. The Morgan fingerprint density at radius 3 is 1.55 bits per heavy atom. The third-order valence-corrected chi connectivity index (χ3v) is 10.2. The Labute approximate surface area is 315 Å². The molecule has 12 nitrogen and oxygen atoms in total. The van der Waals surface area contributed by atoms with Crippen molar-refractivity contribution in [1.29, 1.82) is 0 Å². The first-order valence-corrected chi connectivity index (χ1v) is 17.4. The highest BCUT2D eigenvalue weighted by molar-refractivity contribution is 5.73. The number of nitrogens with one attached hydrogen (secondary N) is 3. The van der Waals surface area contributed by atoms with Gasteiger partial charge in [0.15, 0.2) is 5.82 Å². The Morgan fingerprint density at radius 1 is 0.589 bits per heavy atom. The molecule has 16 heteroatoms. The summed E-state index contributed by atoms with van der Waals surface area (Å²) >= 11 is 0. The SMILES string of the molecule is Fc1cccc(C2(c3cccc(F)c3)C=Cc3c(-c4nn[nH]n4)n[nH]c3C2)c1.Fc1cccc(C2(c3cccc(F)c3)C=Cc3c(-n4cnnn4)n[nH]c3C2)c1. The van der Waals surface area contributed by atoms with Crippen molar-refractivity contribution in [2.45, 2.75) is 23.7 Å². The molecule has 2 aliphatic rings. The number of rotatable bonds is 6. The molecule has 0 saturated carbocycles. The van der Waals surface area contributed by atoms with E-state index in [9.17, 15) is 17.6 Å². The van der Waals surface area contributed by atoms with Gasteiger partial charge in [0, 0.05) is 46.2 Å². The predicted octanol–water partition coefficient (Wildman–Crippen LogP) is 6.64. The molecule has 0 spiro atoms. The molecule has 8 aromatic rings. The minimum absolute atomic E-state index is 0.341. The summed E-state index contributed by atoms with van der Waals surface area (Å²) in [6.07, 6.45) is 10.1. The highest BCUT2D eigenvalue weighted by Crippen LogP contribution is 2.44. The molecule has 0 aliphatic heterocycles. The van der Waals surface area contributed by atoms with Gasteiger partial charge in [-0.1, -0.05) is 72.8 Å². The molecule has 10 rings (SSSR count).